The number of aryl methyl sites for hydroxylation is 2. The van der Waals surface area contributed by atoms with Crippen molar-refractivity contribution < 1.29 is 4.79 Å². The number of hydrogen-bond donors (Lipinski definition) is 2. The predicted molar refractivity (Wildman–Crippen MR) is 64.9 cm³/mol. The van der Waals surface area contributed by atoms with Crippen LogP contribution in [-0.4, -0.2) is 35.2 Å². The zero-order valence-electron chi connectivity index (χ0n) is 10.3. The van der Waals surface area contributed by atoms with E-state index < -0.39 is 0 Å². The number of nitrogens with one attached hydrogen (secondary N) is 2. The maximum Gasteiger partial charge on any atom is 0.253 e. The third-order valence-electron chi connectivity index (χ3n) is 2.98. The van der Waals surface area contributed by atoms with Crippen LogP contribution in [0, 0.1) is 13.8 Å². The van der Waals surface area contributed by atoms with Gasteiger partial charge in [0.1, 0.15) is 0 Å². The van der Waals surface area contributed by atoms with Crippen LogP contribution in [0.1, 0.15) is 34.6 Å². The molecule has 2 rings (SSSR count). The Morgan fingerprint density at radius 3 is 3.00 bits per heavy atom. The van der Waals surface area contributed by atoms with E-state index in [1.807, 2.05) is 6.92 Å². The second-order valence-corrected chi connectivity index (χ2v) is 4.50. The minimum absolute atomic E-state index is 0.0470. The molecule has 1 atom stereocenters. The van der Waals surface area contributed by atoms with Crippen molar-refractivity contribution in [1.29, 1.82) is 0 Å². The standard InChI is InChI=1S/C12H18N4O/c1-8-6-11(9(2)16-15-8)12(17)14-10-4-3-5-13-7-10/h6,10,13H,3-5,7H2,1-2H3,(H,14,17)/t10-/m0/s1. The third kappa shape index (κ3) is 3.00. The van der Waals surface area contributed by atoms with Gasteiger partial charge in [0.05, 0.1) is 17.0 Å². The lowest BCUT2D eigenvalue weighted by Crippen LogP contribution is -2.45. The summed E-state index contributed by atoms with van der Waals surface area (Å²) in [5.74, 6) is -0.0470. The smallest absolute Gasteiger partial charge is 0.253 e. The predicted octanol–water partition coefficient (Wildman–Crippen LogP) is 0.575. The highest BCUT2D eigenvalue weighted by Crippen LogP contribution is 2.07. The van der Waals surface area contributed by atoms with Crippen LogP contribution in [0.25, 0.3) is 0 Å². The van der Waals surface area contributed by atoms with Gasteiger partial charge in [-0.25, -0.2) is 0 Å². The molecule has 0 radical (unpaired) electrons. The van der Waals surface area contributed by atoms with Crippen molar-refractivity contribution in [2.75, 3.05) is 13.1 Å². The van der Waals surface area contributed by atoms with E-state index >= 15 is 0 Å². The van der Waals surface area contributed by atoms with Crippen molar-refractivity contribution >= 4 is 5.91 Å². The van der Waals surface area contributed by atoms with Crippen LogP contribution >= 0.6 is 0 Å². The van der Waals surface area contributed by atoms with Crippen LogP contribution < -0.4 is 10.6 Å². The van der Waals surface area contributed by atoms with Crippen molar-refractivity contribution in [2.24, 2.45) is 0 Å². The van der Waals surface area contributed by atoms with E-state index in [4.69, 9.17) is 0 Å². The molecule has 1 fully saturated rings. The van der Waals surface area contributed by atoms with Gasteiger partial charge >= 0.3 is 0 Å². The van der Waals surface area contributed by atoms with Gasteiger partial charge in [0, 0.05) is 12.6 Å². The van der Waals surface area contributed by atoms with Gasteiger partial charge in [-0.1, -0.05) is 0 Å². The Bertz CT molecular complexity index is 413. The number of carbonyl (C=O) groups is 1. The molecular weight excluding hydrogens is 216 g/mol. The number of piperidine rings is 1. The monoisotopic (exact) mass is 234 g/mol. The zero-order chi connectivity index (χ0) is 12.3. The molecular formula is C12H18N4O. The largest absolute Gasteiger partial charge is 0.348 e. The molecule has 5 heteroatoms. The van der Waals surface area contributed by atoms with E-state index in [0.717, 1.165) is 31.6 Å². The Kier molecular flexibility index (Phi) is 3.68. The molecule has 2 heterocycles. The summed E-state index contributed by atoms with van der Waals surface area (Å²) in [4.78, 5) is 12.1. The molecule has 1 saturated heterocycles. The van der Waals surface area contributed by atoms with E-state index in [1.165, 1.54) is 0 Å². The molecule has 0 aliphatic carbocycles. The number of nitrogens with zero attached hydrogens (tertiary/aromatic N) is 2. The maximum atomic E-state index is 12.1. The highest BCUT2D eigenvalue weighted by Gasteiger charge is 2.18. The molecule has 0 spiro atoms. The molecule has 0 saturated carbocycles. The summed E-state index contributed by atoms with van der Waals surface area (Å²) in [6.45, 7) is 5.54. The molecule has 0 aromatic carbocycles. The Labute approximate surface area is 101 Å². The maximum absolute atomic E-state index is 12.1. The van der Waals surface area contributed by atoms with Gasteiger partial charge in [-0.15, -0.1) is 0 Å². The summed E-state index contributed by atoms with van der Waals surface area (Å²) in [7, 11) is 0. The van der Waals surface area contributed by atoms with Gasteiger partial charge in [0.2, 0.25) is 0 Å². The van der Waals surface area contributed by atoms with E-state index in [-0.39, 0.29) is 11.9 Å². The SMILES string of the molecule is Cc1cc(C(=O)N[C@H]2CCCNC2)c(C)nn1. The van der Waals surface area contributed by atoms with Crippen molar-refractivity contribution in [3.05, 3.63) is 23.0 Å². The van der Waals surface area contributed by atoms with Crippen LogP contribution in [0.4, 0.5) is 0 Å². The minimum Gasteiger partial charge on any atom is -0.348 e. The Morgan fingerprint density at radius 2 is 2.29 bits per heavy atom. The Balaban J connectivity index is 2.05. The molecule has 0 bridgehead atoms. The molecule has 1 amide bonds. The fraction of sp³-hybridized carbons (Fsp3) is 0.583. The lowest BCUT2D eigenvalue weighted by Gasteiger charge is -2.24. The van der Waals surface area contributed by atoms with Gasteiger partial charge in [-0.2, -0.15) is 10.2 Å². The number of rotatable bonds is 2. The highest BCUT2D eigenvalue weighted by atomic mass is 16.1. The average molecular weight is 234 g/mol. The third-order valence-corrected chi connectivity index (χ3v) is 2.98. The molecule has 1 aliphatic rings. The summed E-state index contributed by atoms with van der Waals surface area (Å²) in [5, 5.41) is 14.2. The summed E-state index contributed by atoms with van der Waals surface area (Å²) in [5.41, 5.74) is 2.07. The first kappa shape index (κ1) is 12.0. The molecule has 0 unspecified atom stereocenters. The number of amides is 1. The Morgan fingerprint density at radius 1 is 1.47 bits per heavy atom. The van der Waals surface area contributed by atoms with Gasteiger partial charge in [-0.05, 0) is 39.3 Å². The fourth-order valence-electron chi connectivity index (χ4n) is 2.02. The first-order valence-electron chi connectivity index (χ1n) is 5.99. The molecule has 92 valence electrons. The van der Waals surface area contributed by atoms with Crippen LogP contribution in [0.5, 0.6) is 0 Å². The summed E-state index contributed by atoms with van der Waals surface area (Å²) in [6.07, 6.45) is 2.15. The highest BCUT2D eigenvalue weighted by molar-refractivity contribution is 5.95. The van der Waals surface area contributed by atoms with Gasteiger partial charge < -0.3 is 10.6 Å². The van der Waals surface area contributed by atoms with Gasteiger partial charge in [0.15, 0.2) is 0 Å². The fourth-order valence-corrected chi connectivity index (χ4v) is 2.02. The molecule has 17 heavy (non-hydrogen) atoms. The first-order valence-corrected chi connectivity index (χ1v) is 5.99. The summed E-state index contributed by atoms with van der Waals surface area (Å²) < 4.78 is 0. The van der Waals surface area contributed by atoms with Crippen molar-refractivity contribution in [2.45, 2.75) is 32.7 Å². The molecule has 2 N–H and O–H groups in total. The van der Waals surface area contributed by atoms with Crippen molar-refractivity contribution in [3.8, 4) is 0 Å². The normalized spacial score (nSPS) is 20.0. The molecule has 5 nitrogen and oxygen atoms in total. The van der Waals surface area contributed by atoms with Crippen molar-refractivity contribution in [3.63, 3.8) is 0 Å². The summed E-state index contributed by atoms with van der Waals surface area (Å²) in [6, 6.07) is 2.01. The van der Waals surface area contributed by atoms with E-state index in [9.17, 15) is 4.79 Å². The van der Waals surface area contributed by atoms with E-state index in [1.54, 1.807) is 13.0 Å². The Hall–Kier alpha value is -1.49. The average Bonchev–Trinajstić information content (AvgIpc) is 2.33. The lowest BCUT2D eigenvalue weighted by atomic mass is 10.1. The molecule has 1 aromatic heterocycles. The second kappa shape index (κ2) is 5.23. The number of aromatic nitrogens is 2. The van der Waals surface area contributed by atoms with E-state index in [2.05, 4.69) is 20.8 Å². The van der Waals surface area contributed by atoms with E-state index in [0.29, 0.717) is 11.3 Å². The number of carbonyl (C=O) groups excluding carboxylic acids is 1. The summed E-state index contributed by atoms with van der Waals surface area (Å²) >= 11 is 0. The lowest BCUT2D eigenvalue weighted by molar-refractivity contribution is 0.0929. The molecule has 1 aliphatic heterocycles. The van der Waals surface area contributed by atoms with Crippen LogP contribution in [0.2, 0.25) is 0 Å². The van der Waals surface area contributed by atoms with Crippen molar-refractivity contribution in [1.82, 2.24) is 20.8 Å². The van der Waals surface area contributed by atoms with Gasteiger partial charge in [0.25, 0.3) is 5.91 Å². The van der Waals surface area contributed by atoms with Crippen LogP contribution in [-0.2, 0) is 0 Å². The number of hydrogen-bond acceptors (Lipinski definition) is 4. The minimum atomic E-state index is -0.0470. The first-order chi connectivity index (χ1) is 8.16. The zero-order valence-corrected chi connectivity index (χ0v) is 10.3. The molecule has 1 aromatic rings. The second-order valence-electron chi connectivity index (χ2n) is 4.50. The topological polar surface area (TPSA) is 66.9 Å². The van der Waals surface area contributed by atoms with Gasteiger partial charge in [-0.3, -0.25) is 4.79 Å². The quantitative estimate of drug-likeness (QED) is 0.785. The van der Waals surface area contributed by atoms with Crippen LogP contribution in [0.3, 0.4) is 0 Å². The van der Waals surface area contributed by atoms with Crippen LogP contribution in [0.15, 0.2) is 6.07 Å².